The summed E-state index contributed by atoms with van der Waals surface area (Å²) in [6.07, 6.45) is 5.53. The summed E-state index contributed by atoms with van der Waals surface area (Å²) in [4.78, 5) is 4.81. The van der Waals surface area contributed by atoms with E-state index >= 15 is 0 Å². The third kappa shape index (κ3) is 7.61. The predicted octanol–water partition coefficient (Wildman–Crippen LogP) is 5.81. The van der Waals surface area contributed by atoms with Gasteiger partial charge in [0.25, 0.3) is 0 Å². The van der Waals surface area contributed by atoms with E-state index in [0.717, 1.165) is 29.7 Å². The van der Waals surface area contributed by atoms with Crippen LogP contribution in [0, 0.1) is 11.8 Å². The average molecular weight is 414 g/mol. The third-order valence-corrected chi connectivity index (χ3v) is 7.39. The molecule has 0 aromatic rings. The quantitative estimate of drug-likeness (QED) is 0.580. The van der Waals surface area contributed by atoms with Crippen LogP contribution in [-0.2, 0) is 11.4 Å². The van der Waals surface area contributed by atoms with E-state index in [2.05, 4.69) is 32.8 Å². The Balaban J connectivity index is 0.000000491. The van der Waals surface area contributed by atoms with Crippen LogP contribution in [0.25, 0.3) is 0 Å². The first kappa shape index (κ1) is 20.3. The molecule has 0 saturated heterocycles. The zero-order valence-electron chi connectivity index (χ0n) is 13.3. The van der Waals surface area contributed by atoms with Gasteiger partial charge in [0.05, 0.1) is 19.4 Å². The molecule has 1 N–H and O–H groups in total. The molecule has 1 aliphatic carbocycles. The van der Waals surface area contributed by atoms with E-state index in [0.29, 0.717) is 0 Å². The van der Waals surface area contributed by atoms with Gasteiger partial charge >= 0.3 is 41.5 Å². The van der Waals surface area contributed by atoms with Gasteiger partial charge in [-0.15, -0.1) is 0 Å². The van der Waals surface area contributed by atoms with Crippen LogP contribution in [0.15, 0.2) is 4.99 Å². The Morgan fingerprint density at radius 2 is 1.62 bits per heavy atom. The van der Waals surface area contributed by atoms with Gasteiger partial charge < -0.3 is 0 Å². The van der Waals surface area contributed by atoms with Crippen molar-refractivity contribution >= 4 is 44.1 Å². The van der Waals surface area contributed by atoms with E-state index in [-0.39, 0.29) is 0 Å². The van der Waals surface area contributed by atoms with Crippen molar-refractivity contribution in [2.45, 2.75) is 64.7 Å². The number of hydrogen-bond acceptors (Lipinski definition) is 2. The van der Waals surface area contributed by atoms with Crippen LogP contribution < -0.4 is 5.09 Å². The minimum absolute atomic E-state index is 0.486. The van der Waals surface area contributed by atoms with Crippen molar-refractivity contribution < 1.29 is 11.4 Å². The summed E-state index contributed by atoms with van der Waals surface area (Å²) >= 11 is -1.62. The molecule has 0 bridgehead atoms. The Morgan fingerprint density at radius 1 is 1.10 bits per heavy atom. The van der Waals surface area contributed by atoms with Crippen LogP contribution in [0.4, 0.5) is 0 Å². The molecule has 7 heteroatoms. The minimum atomic E-state index is -1.62. The van der Waals surface area contributed by atoms with Crippen LogP contribution in [0.5, 0.6) is 0 Å². The van der Waals surface area contributed by atoms with Gasteiger partial charge in [-0.1, -0.05) is 6.42 Å². The van der Waals surface area contributed by atoms with Gasteiger partial charge in [-0.3, -0.25) is 4.99 Å². The van der Waals surface area contributed by atoms with Gasteiger partial charge in [0.1, 0.15) is 5.84 Å². The van der Waals surface area contributed by atoms with Crippen LogP contribution in [-0.4, -0.2) is 23.7 Å². The number of fused-ring (bicyclic) bond motifs is 1. The number of nitrogens with zero attached hydrogens (tertiary/aromatic N) is 1. The van der Waals surface area contributed by atoms with Crippen molar-refractivity contribution in [1.29, 1.82) is 0 Å². The number of hydrogen-bond donors (Lipinski definition) is 1. The van der Waals surface area contributed by atoms with Crippen molar-refractivity contribution in [1.82, 2.24) is 5.09 Å². The molecule has 0 radical (unpaired) electrons. The monoisotopic (exact) mass is 412 g/mol. The second kappa shape index (κ2) is 10.2. The Labute approximate surface area is 148 Å². The average Bonchev–Trinajstić information content (AvgIpc) is 2.81. The molecule has 0 amide bonds. The van der Waals surface area contributed by atoms with Gasteiger partial charge in [0.15, 0.2) is 0 Å². The van der Waals surface area contributed by atoms with Crippen molar-refractivity contribution in [2.75, 3.05) is 6.54 Å². The van der Waals surface area contributed by atoms with E-state index < -0.39 is 19.5 Å². The molecular formula is C14H28Cl3CrN2P+. The maximum absolute atomic E-state index is 4.93. The first-order valence-electron chi connectivity index (χ1n) is 7.71. The van der Waals surface area contributed by atoms with Gasteiger partial charge in [0, 0.05) is 13.0 Å². The SMILES string of the molecule is CC(C)[PH+](NC1=NCC2CCCC2C1)C(C)C.[Cl][Cr]([Cl])[Cl]. The zero-order chi connectivity index (χ0) is 16.0. The summed E-state index contributed by atoms with van der Waals surface area (Å²) in [5.74, 6) is 3.19. The van der Waals surface area contributed by atoms with E-state index in [1.807, 2.05) is 0 Å². The van der Waals surface area contributed by atoms with Gasteiger partial charge in [-0.05, 0) is 52.4 Å². The summed E-state index contributed by atoms with van der Waals surface area (Å²) in [7, 11) is 14.3. The third-order valence-electron chi connectivity index (χ3n) is 4.32. The van der Waals surface area contributed by atoms with E-state index in [1.54, 1.807) is 0 Å². The molecular weight excluding hydrogens is 385 g/mol. The Kier molecular flexibility index (Phi) is 9.91. The molecule has 125 valence electrons. The molecule has 21 heavy (non-hydrogen) atoms. The number of rotatable bonds is 3. The van der Waals surface area contributed by atoms with Crippen LogP contribution in [0.2, 0.25) is 0 Å². The standard InChI is InChI=1S/C14H27N2P.3ClH.Cr/c1-10(2)17(11(3)4)16-14-8-12-6-5-7-13(12)9-15-14;;;;/h10-13H,5-9H2,1-4H3,(H,15,16);3*1H;/q;;;;+3/p-2. The summed E-state index contributed by atoms with van der Waals surface area (Å²) < 4.78 is 0. The number of amidine groups is 1. The molecule has 1 heterocycles. The summed E-state index contributed by atoms with van der Waals surface area (Å²) in [6, 6.07) is 0. The van der Waals surface area contributed by atoms with Gasteiger partial charge in [0.2, 0.25) is 0 Å². The number of nitrogens with one attached hydrogen (secondary N) is 1. The molecule has 1 saturated carbocycles. The first-order valence-corrected chi connectivity index (χ1v) is 14.6. The van der Waals surface area contributed by atoms with Crippen LogP contribution >= 0.6 is 38.2 Å². The number of halogens is 3. The molecule has 2 rings (SSSR count). The van der Waals surface area contributed by atoms with E-state index in [4.69, 9.17) is 35.1 Å². The second-order valence-electron chi connectivity index (χ2n) is 6.51. The van der Waals surface area contributed by atoms with Crippen molar-refractivity contribution in [3.05, 3.63) is 0 Å². The molecule has 2 aliphatic rings. The Bertz CT molecular complexity index is 329. The topological polar surface area (TPSA) is 24.4 Å². The molecule has 1 aliphatic heterocycles. The molecule has 0 aromatic heterocycles. The Hall–Kier alpha value is 1.30. The molecule has 2 nitrogen and oxygen atoms in total. The summed E-state index contributed by atoms with van der Waals surface area (Å²) in [5.41, 5.74) is 1.56. The predicted molar refractivity (Wildman–Crippen MR) is 97.0 cm³/mol. The molecule has 0 spiro atoms. The van der Waals surface area contributed by atoms with Gasteiger partial charge in [-0.25, -0.2) is 5.09 Å². The van der Waals surface area contributed by atoms with Gasteiger partial charge in [-0.2, -0.15) is 0 Å². The fourth-order valence-electron chi connectivity index (χ4n) is 3.38. The number of aliphatic imine (C=N–C) groups is 1. The van der Waals surface area contributed by atoms with Crippen LogP contribution in [0.1, 0.15) is 53.4 Å². The van der Waals surface area contributed by atoms with E-state index in [9.17, 15) is 0 Å². The first-order chi connectivity index (χ1) is 9.81. The normalized spacial score (nSPS) is 25.0. The summed E-state index contributed by atoms with van der Waals surface area (Å²) in [6.45, 7) is 10.5. The molecule has 1 fully saturated rings. The second-order valence-corrected chi connectivity index (χ2v) is 16.3. The zero-order valence-corrected chi connectivity index (χ0v) is 17.9. The van der Waals surface area contributed by atoms with Crippen molar-refractivity contribution in [2.24, 2.45) is 16.8 Å². The van der Waals surface area contributed by atoms with E-state index in [1.165, 1.54) is 31.5 Å². The summed E-state index contributed by atoms with van der Waals surface area (Å²) in [5, 5.41) is 3.82. The fraction of sp³-hybridized carbons (Fsp3) is 0.929. The van der Waals surface area contributed by atoms with Crippen LogP contribution in [0.3, 0.4) is 0 Å². The molecule has 2 atom stereocenters. The van der Waals surface area contributed by atoms with Crippen molar-refractivity contribution in [3.63, 3.8) is 0 Å². The van der Waals surface area contributed by atoms with Crippen molar-refractivity contribution in [3.8, 4) is 0 Å². The maximum atomic E-state index is 4.93. The Morgan fingerprint density at radius 3 is 2.14 bits per heavy atom. The molecule has 0 aromatic carbocycles. The fourth-order valence-corrected chi connectivity index (χ4v) is 5.80. The molecule has 2 unspecified atom stereocenters.